The van der Waals surface area contributed by atoms with Crippen molar-refractivity contribution in [1.29, 1.82) is 0 Å². The van der Waals surface area contributed by atoms with Crippen molar-refractivity contribution in [3.8, 4) is 11.6 Å². The normalized spacial score (nSPS) is 10.7. The molecule has 0 saturated heterocycles. The molecule has 1 aromatic carbocycles. The number of hydrogen-bond acceptors (Lipinski definition) is 3. The Morgan fingerprint density at radius 1 is 1.00 bits per heavy atom. The number of rotatable bonds is 1. The van der Waals surface area contributed by atoms with E-state index in [1.54, 1.807) is 0 Å². The van der Waals surface area contributed by atoms with Gasteiger partial charge < -0.3 is 5.11 Å². The molecular weight excluding hydrogens is 272 g/mol. The van der Waals surface area contributed by atoms with E-state index in [-0.39, 0.29) is 16.7 Å². The zero-order valence-electron chi connectivity index (χ0n) is 8.88. The quantitative estimate of drug-likeness (QED) is 0.597. The lowest BCUT2D eigenvalue weighted by atomic mass is 10.2. The minimum absolute atomic E-state index is 0.0331. The fourth-order valence-corrected chi connectivity index (χ4v) is 1.41. The third-order valence-corrected chi connectivity index (χ3v) is 2.26. The van der Waals surface area contributed by atoms with Crippen molar-refractivity contribution in [3.05, 3.63) is 56.2 Å². The summed E-state index contributed by atoms with van der Waals surface area (Å²) in [6.45, 7) is 0. The van der Waals surface area contributed by atoms with E-state index in [9.17, 15) is 32.3 Å². The molecule has 5 nitrogen and oxygen atoms in total. The lowest BCUT2D eigenvalue weighted by Gasteiger charge is -2.09. The van der Waals surface area contributed by atoms with Gasteiger partial charge in [0.2, 0.25) is 11.7 Å². The molecule has 0 spiro atoms. The molecule has 2 rings (SSSR count). The smallest absolute Gasteiger partial charge is 0.336 e. The second-order valence-corrected chi connectivity index (χ2v) is 3.45. The average molecular weight is 276 g/mol. The molecule has 0 bridgehead atoms. The molecule has 19 heavy (non-hydrogen) atoms. The number of aromatic hydroxyl groups is 1. The predicted octanol–water partition coefficient (Wildman–Crippen LogP) is 0.788. The number of benzene rings is 1. The van der Waals surface area contributed by atoms with Crippen molar-refractivity contribution in [2.24, 2.45) is 0 Å². The Morgan fingerprint density at radius 3 is 2.21 bits per heavy atom. The van der Waals surface area contributed by atoms with Crippen molar-refractivity contribution in [1.82, 2.24) is 9.55 Å². The van der Waals surface area contributed by atoms with Gasteiger partial charge in [-0.25, -0.2) is 22.5 Å². The summed E-state index contributed by atoms with van der Waals surface area (Å²) in [5.74, 6) is -7.75. The summed E-state index contributed by atoms with van der Waals surface area (Å²) in [5, 5.41) is 9.28. The Kier molecular flexibility index (Phi) is 2.89. The van der Waals surface area contributed by atoms with Crippen molar-refractivity contribution < 1.29 is 22.7 Å². The van der Waals surface area contributed by atoms with Crippen LogP contribution in [0.25, 0.3) is 5.69 Å². The topological polar surface area (TPSA) is 75.1 Å². The minimum Gasteiger partial charge on any atom is -0.492 e. The second-order valence-electron chi connectivity index (χ2n) is 3.45. The first-order valence-corrected chi connectivity index (χ1v) is 4.71. The monoisotopic (exact) mass is 276 g/mol. The molecule has 1 aromatic heterocycles. The van der Waals surface area contributed by atoms with Gasteiger partial charge in [-0.05, 0) is 0 Å². The molecule has 0 amide bonds. The van der Waals surface area contributed by atoms with E-state index in [2.05, 4.69) is 0 Å². The van der Waals surface area contributed by atoms with Crippen LogP contribution >= 0.6 is 0 Å². The number of halogens is 4. The maximum atomic E-state index is 13.4. The number of H-pyrrole nitrogens is 1. The van der Waals surface area contributed by atoms with Crippen molar-refractivity contribution in [3.63, 3.8) is 0 Å². The lowest BCUT2D eigenvalue weighted by molar-refractivity contribution is 0.382. The maximum absolute atomic E-state index is 13.4. The number of hydrogen-bond donors (Lipinski definition) is 2. The summed E-state index contributed by atoms with van der Waals surface area (Å²) < 4.78 is 52.2. The van der Waals surface area contributed by atoms with Gasteiger partial charge in [0.25, 0.3) is 5.56 Å². The summed E-state index contributed by atoms with van der Waals surface area (Å²) in [5.41, 5.74) is -3.88. The van der Waals surface area contributed by atoms with Gasteiger partial charge in [0, 0.05) is 12.1 Å². The Hall–Kier alpha value is -2.58. The molecule has 100 valence electrons. The highest BCUT2D eigenvalue weighted by Crippen LogP contribution is 2.20. The molecule has 0 aliphatic carbocycles. The van der Waals surface area contributed by atoms with E-state index in [1.807, 2.05) is 0 Å². The van der Waals surface area contributed by atoms with Gasteiger partial charge in [-0.15, -0.1) is 0 Å². The SMILES string of the molecule is O=c1[nH]c(=O)n(-c2cc(F)c(F)cc2F)c(O)c1F. The van der Waals surface area contributed by atoms with Crippen LogP contribution in [0.1, 0.15) is 0 Å². The van der Waals surface area contributed by atoms with Crippen LogP contribution in [0.3, 0.4) is 0 Å². The fraction of sp³-hybridized carbons (Fsp3) is 0. The van der Waals surface area contributed by atoms with Crippen LogP contribution in [0, 0.1) is 23.3 Å². The highest BCUT2D eigenvalue weighted by Gasteiger charge is 2.19. The first-order valence-electron chi connectivity index (χ1n) is 4.71. The molecule has 0 atom stereocenters. The minimum atomic E-state index is -1.76. The molecule has 9 heteroatoms. The first-order chi connectivity index (χ1) is 8.82. The molecular formula is C10H4F4N2O3. The fourth-order valence-electron chi connectivity index (χ4n) is 1.41. The Balaban J connectivity index is 2.88. The zero-order valence-corrected chi connectivity index (χ0v) is 8.88. The van der Waals surface area contributed by atoms with Crippen molar-refractivity contribution in [2.75, 3.05) is 0 Å². The van der Waals surface area contributed by atoms with Crippen LogP contribution in [0.2, 0.25) is 0 Å². The molecule has 2 aromatic rings. The number of aromatic nitrogens is 2. The third-order valence-electron chi connectivity index (χ3n) is 2.26. The second kappa shape index (κ2) is 4.26. The number of aromatic amines is 1. The summed E-state index contributed by atoms with van der Waals surface area (Å²) >= 11 is 0. The van der Waals surface area contributed by atoms with E-state index in [0.717, 1.165) is 0 Å². The van der Waals surface area contributed by atoms with E-state index in [4.69, 9.17) is 0 Å². The lowest BCUT2D eigenvalue weighted by Crippen LogP contribution is -2.31. The molecule has 0 saturated carbocycles. The highest BCUT2D eigenvalue weighted by molar-refractivity contribution is 5.37. The van der Waals surface area contributed by atoms with Crippen molar-refractivity contribution >= 4 is 0 Å². The largest absolute Gasteiger partial charge is 0.492 e. The molecule has 0 unspecified atom stereocenters. The van der Waals surface area contributed by atoms with Gasteiger partial charge >= 0.3 is 5.69 Å². The van der Waals surface area contributed by atoms with Crippen LogP contribution in [-0.4, -0.2) is 14.7 Å². The average Bonchev–Trinajstić information content (AvgIpc) is 2.33. The number of nitrogens with one attached hydrogen (secondary N) is 1. The standard InChI is InChI=1S/C10H4F4N2O3/c11-3-1-5(13)6(2-4(3)12)16-9(18)7(14)8(17)15-10(16)19/h1-2,18H,(H,15,17,19). The Bertz CT molecular complexity index is 782. The summed E-state index contributed by atoms with van der Waals surface area (Å²) in [4.78, 5) is 23.6. The maximum Gasteiger partial charge on any atom is 0.336 e. The van der Waals surface area contributed by atoms with Crippen LogP contribution in [0.5, 0.6) is 5.88 Å². The van der Waals surface area contributed by atoms with Crippen LogP contribution in [-0.2, 0) is 0 Å². The highest BCUT2D eigenvalue weighted by atomic mass is 19.2. The Labute approximate surface area is 101 Å². The number of nitrogens with zero attached hydrogens (tertiary/aromatic N) is 1. The molecule has 0 aliphatic rings. The molecule has 2 N–H and O–H groups in total. The molecule has 0 aliphatic heterocycles. The van der Waals surface area contributed by atoms with Gasteiger partial charge in [-0.2, -0.15) is 4.39 Å². The molecule has 0 fully saturated rings. The van der Waals surface area contributed by atoms with E-state index in [1.165, 1.54) is 4.98 Å². The summed E-state index contributed by atoms with van der Waals surface area (Å²) in [6.07, 6.45) is 0. The van der Waals surface area contributed by atoms with Crippen LogP contribution in [0.4, 0.5) is 17.6 Å². The van der Waals surface area contributed by atoms with Gasteiger partial charge in [0.1, 0.15) is 0 Å². The summed E-state index contributed by atoms with van der Waals surface area (Å²) in [6, 6.07) is 0.350. The van der Waals surface area contributed by atoms with Crippen LogP contribution in [0.15, 0.2) is 21.7 Å². The van der Waals surface area contributed by atoms with E-state index < -0.39 is 46.1 Å². The van der Waals surface area contributed by atoms with Gasteiger partial charge in [-0.3, -0.25) is 9.78 Å². The van der Waals surface area contributed by atoms with E-state index >= 15 is 0 Å². The third kappa shape index (κ3) is 1.98. The van der Waals surface area contributed by atoms with Crippen molar-refractivity contribution in [2.45, 2.75) is 0 Å². The predicted molar refractivity (Wildman–Crippen MR) is 54.2 cm³/mol. The van der Waals surface area contributed by atoms with Gasteiger partial charge in [0.05, 0.1) is 5.69 Å². The molecule has 0 radical (unpaired) electrons. The zero-order chi connectivity index (χ0) is 14.3. The van der Waals surface area contributed by atoms with Crippen LogP contribution < -0.4 is 11.2 Å². The first kappa shape index (κ1) is 12.9. The molecule has 1 heterocycles. The summed E-state index contributed by atoms with van der Waals surface area (Å²) in [7, 11) is 0. The van der Waals surface area contributed by atoms with E-state index in [0.29, 0.717) is 0 Å². The van der Waals surface area contributed by atoms with Gasteiger partial charge in [0.15, 0.2) is 17.5 Å². The Morgan fingerprint density at radius 2 is 1.58 bits per heavy atom. The van der Waals surface area contributed by atoms with Gasteiger partial charge in [-0.1, -0.05) is 0 Å².